The van der Waals surface area contributed by atoms with Crippen molar-refractivity contribution in [3.8, 4) is 0 Å². The van der Waals surface area contributed by atoms with Gasteiger partial charge in [0.05, 0.1) is 11.2 Å². The molecular formula is C16H18N2O3. The quantitative estimate of drug-likeness (QED) is 0.885. The van der Waals surface area contributed by atoms with Crippen molar-refractivity contribution in [2.45, 2.75) is 26.7 Å². The van der Waals surface area contributed by atoms with Gasteiger partial charge in [0, 0.05) is 23.9 Å². The van der Waals surface area contributed by atoms with E-state index in [9.17, 15) is 9.59 Å². The van der Waals surface area contributed by atoms with Crippen LogP contribution in [0.5, 0.6) is 0 Å². The summed E-state index contributed by atoms with van der Waals surface area (Å²) in [5, 5.41) is 12.5. The Morgan fingerprint density at radius 3 is 2.71 bits per heavy atom. The molecule has 0 saturated heterocycles. The van der Waals surface area contributed by atoms with E-state index in [1.807, 2.05) is 31.2 Å². The van der Waals surface area contributed by atoms with Gasteiger partial charge in [0.2, 0.25) is 5.91 Å². The molecule has 0 aliphatic rings. The van der Waals surface area contributed by atoms with Crippen LogP contribution in [-0.4, -0.2) is 22.0 Å². The molecule has 0 aliphatic carbocycles. The number of nitrogens with zero attached hydrogens (tertiary/aromatic N) is 1. The number of hydrogen-bond donors (Lipinski definition) is 2. The summed E-state index contributed by atoms with van der Waals surface area (Å²) in [6.07, 6.45) is 0.162. The normalized spacial score (nSPS) is 12.1. The molecule has 2 aromatic rings. The molecule has 2 rings (SSSR count). The summed E-state index contributed by atoms with van der Waals surface area (Å²) in [6, 6.07) is 9.47. The zero-order valence-electron chi connectivity index (χ0n) is 12.1. The van der Waals surface area contributed by atoms with Crippen LogP contribution in [0.4, 0.5) is 5.69 Å². The Labute approximate surface area is 123 Å². The van der Waals surface area contributed by atoms with Gasteiger partial charge >= 0.3 is 5.97 Å². The fraction of sp³-hybridized carbons (Fsp3) is 0.312. The standard InChI is InChI=1S/C16H18N2O3/c1-10(9-15(20)21)8-14(19)18-13-5-3-4-12-7-6-11(2)17-16(12)13/h3-7,10H,8-9H2,1-2H3,(H,18,19)(H,20,21). The third-order valence-electron chi connectivity index (χ3n) is 3.19. The van der Waals surface area contributed by atoms with Gasteiger partial charge in [-0.1, -0.05) is 25.1 Å². The number of hydrogen-bond acceptors (Lipinski definition) is 3. The average molecular weight is 286 g/mol. The van der Waals surface area contributed by atoms with E-state index in [0.29, 0.717) is 5.69 Å². The topological polar surface area (TPSA) is 79.3 Å². The van der Waals surface area contributed by atoms with E-state index < -0.39 is 5.97 Å². The van der Waals surface area contributed by atoms with E-state index >= 15 is 0 Å². The van der Waals surface area contributed by atoms with Crippen LogP contribution in [0.3, 0.4) is 0 Å². The van der Waals surface area contributed by atoms with Crippen LogP contribution in [0.1, 0.15) is 25.5 Å². The number of rotatable bonds is 5. The number of carbonyl (C=O) groups is 2. The monoisotopic (exact) mass is 286 g/mol. The summed E-state index contributed by atoms with van der Waals surface area (Å²) in [5.74, 6) is -1.29. The Bertz CT molecular complexity index is 682. The van der Waals surface area contributed by atoms with Gasteiger partial charge < -0.3 is 10.4 Å². The van der Waals surface area contributed by atoms with E-state index in [1.54, 1.807) is 13.0 Å². The highest BCUT2D eigenvalue weighted by atomic mass is 16.4. The minimum absolute atomic E-state index is 0.0136. The SMILES string of the molecule is Cc1ccc2cccc(NC(=O)CC(C)CC(=O)O)c2n1. The Morgan fingerprint density at radius 1 is 1.24 bits per heavy atom. The van der Waals surface area contributed by atoms with Crippen molar-refractivity contribution in [2.24, 2.45) is 5.92 Å². The largest absolute Gasteiger partial charge is 0.481 e. The summed E-state index contributed by atoms with van der Waals surface area (Å²) in [4.78, 5) is 27.1. The third kappa shape index (κ3) is 4.02. The molecule has 1 amide bonds. The van der Waals surface area contributed by atoms with E-state index in [-0.39, 0.29) is 24.7 Å². The maximum atomic E-state index is 12.0. The molecule has 5 heteroatoms. The van der Waals surface area contributed by atoms with Gasteiger partial charge in [0.15, 0.2) is 0 Å². The van der Waals surface area contributed by atoms with Crippen LogP contribution in [0.15, 0.2) is 30.3 Å². The van der Waals surface area contributed by atoms with Crippen LogP contribution in [0.25, 0.3) is 10.9 Å². The molecule has 1 unspecified atom stereocenters. The molecule has 5 nitrogen and oxygen atoms in total. The van der Waals surface area contributed by atoms with Crippen molar-refractivity contribution in [3.05, 3.63) is 36.0 Å². The number of aryl methyl sites for hydroxylation is 1. The Balaban J connectivity index is 2.14. The second-order valence-corrected chi connectivity index (χ2v) is 5.29. The molecule has 1 heterocycles. The summed E-state index contributed by atoms with van der Waals surface area (Å²) in [5.41, 5.74) is 2.28. The van der Waals surface area contributed by atoms with Crippen LogP contribution < -0.4 is 5.32 Å². The number of carboxylic acid groups (broad SMARTS) is 1. The van der Waals surface area contributed by atoms with Crippen LogP contribution in [-0.2, 0) is 9.59 Å². The molecule has 1 aromatic heterocycles. The third-order valence-corrected chi connectivity index (χ3v) is 3.19. The second kappa shape index (κ2) is 6.35. The summed E-state index contributed by atoms with van der Waals surface area (Å²) >= 11 is 0. The van der Waals surface area contributed by atoms with Crippen LogP contribution in [0, 0.1) is 12.8 Å². The van der Waals surface area contributed by atoms with Crippen molar-refractivity contribution in [2.75, 3.05) is 5.32 Å². The first kappa shape index (κ1) is 15.0. The number of anilines is 1. The minimum atomic E-state index is -0.891. The number of carboxylic acids is 1. The molecule has 2 N–H and O–H groups in total. The number of fused-ring (bicyclic) bond motifs is 1. The fourth-order valence-electron chi connectivity index (χ4n) is 2.23. The van der Waals surface area contributed by atoms with Crippen molar-refractivity contribution < 1.29 is 14.7 Å². The van der Waals surface area contributed by atoms with E-state index in [2.05, 4.69) is 10.3 Å². The van der Waals surface area contributed by atoms with Crippen LogP contribution in [0.2, 0.25) is 0 Å². The fourth-order valence-corrected chi connectivity index (χ4v) is 2.23. The summed E-state index contributed by atoms with van der Waals surface area (Å²) in [6.45, 7) is 3.65. The van der Waals surface area contributed by atoms with Gasteiger partial charge in [0.1, 0.15) is 0 Å². The lowest BCUT2D eigenvalue weighted by Gasteiger charge is -2.11. The zero-order chi connectivity index (χ0) is 15.4. The highest BCUT2D eigenvalue weighted by molar-refractivity contribution is 6.00. The molecule has 0 radical (unpaired) electrons. The number of carbonyl (C=O) groups excluding carboxylic acids is 1. The second-order valence-electron chi connectivity index (χ2n) is 5.29. The first-order valence-corrected chi connectivity index (χ1v) is 6.83. The molecule has 0 fully saturated rings. The average Bonchev–Trinajstić information content (AvgIpc) is 2.38. The summed E-state index contributed by atoms with van der Waals surface area (Å²) < 4.78 is 0. The smallest absolute Gasteiger partial charge is 0.303 e. The van der Waals surface area contributed by atoms with Gasteiger partial charge in [-0.15, -0.1) is 0 Å². The molecule has 0 spiro atoms. The maximum absolute atomic E-state index is 12.0. The number of para-hydroxylation sites is 1. The molecule has 110 valence electrons. The molecule has 21 heavy (non-hydrogen) atoms. The Hall–Kier alpha value is -2.43. The molecule has 1 aromatic carbocycles. The Morgan fingerprint density at radius 2 is 2.00 bits per heavy atom. The lowest BCUT2D eigenvalue weighted by Crippen LogP contribution is -2.17. The Kier molecular flexibility index (Phi) is 4.52. The van der Waals surface area contributed by atoms with Gasteiger partial charge in [0.25, 0.3) is 0 Å². The van der Waals surface area contributed by atoms with Gasteiger partial charge in [-0.2, -0.15) is 0 Å². The lowest BCUT2D eigenvalue weighted by molar-refractivity contribution is -0.138. The highest BCUT2D eigenvalue weighted by Crippen LogP contribution is 2.22. The number of aliphatic carboxylic acids is 1. The van der Waals surface area contributed by atoms with Crippen LogP contribution >= 0.6 is 0 Å². The molecule has 1 atom stereocenters. The van der Waals surface area contributed by atoms with Gasteiger partial charge in [-0.05, 0) is 25.0 Å². The number of nitrogens with one attached hydrogen (secondary N) is 1. The van der Waals surface area contributed by atoms with Crippen molar-refractivity contribution in [1.82, 2.24) is 4.98 Å². The van der Waals surface area contributed by atoms with E-state index in [1.165, 1.54) is 0 Å². The molecule has 0 bridgehead atoms. The van der Waals surface area contributed by atoms with Gasteiger partial charge in [-0.25, -0.2) is 0 Å². The number of benzene rings is 1. The predicted octanol–water partition coefficient (Wildman–Crippen LogP) is 2.98. The highest BCUT2D eigenvalue weighted by Gasteiger charge is 2.14. The van der Waals surface area contributed by atoms with E-state index in [4.69, 9.17) is 5.11 Å². The first-order chi connectivity index (χ1) is 9.95. The number of pyridine rings is 1. The van der Waals surface area contributed by atoms with Crippen molar-refractivity contribution in [3.63, 3.8) is 0 Å². The summed E-state index contributed by atoms with van der Waals surface area (Å²) in [7, 11) is 0. The zero-order valence-corrected chi connectivity index (χ0v) is 12.1. The molecule has 0 saturated carbocycles. The van der Waals surface area contributed by atoms with Crippen molar-refractivity contribution >= 4 is 28.5 Å². The first-order valence-electron chi connectivity index (χ1n) is 6.83. The number of amides is 1. The van der Waals surface area contributed by atoms with E-state index in [0.717, 1.165) is 16.6 Å². The molecular weight excluding hydrogens is 268 g/mol. The van der Waals surface area contributed by atoms with Crippen molar-refractivity contribution in [1.29, 1.82) is 0 Å². The minimum Gasteiger partial charge on any atom is -0.481 e. The predicted molar refractivity (Wildman–Crippen MR) is 81.1 cm³/mol. The maximum Gasteiger partial charge on any atom is 0.303 e. The number of aromatic nitrogens is 1. The lowest BCUT2D eigenvalue weighted by atomic mass is 10.0. The van der Waals surface area contributed by atoms with Gasteiger partial charge in [-0.3, -0.25) is 14.6 Å². The molecule has 0 aliphatic heterocycles.